The Balaban J connectivity index is 2.03. The summed E-state index contributed by atoms with van der Waals surface area (Å²) in [6, 6.07) is 8.84. The molecular weight excluding hydrogens is 278 g/mol. The van der Waals surface area contributed by atoms with Gasteiger partial charge in [-0.05, 0) is 47.0 Å². The summed E-state index contributed by atoms with van der Waals surface area (Å²) in [6.45, 7) is 8.28. The second kappa shape index (κ2) is 6.21. The van der Waals surface area contributed by atoms with Crippen LogP contribution in [0.2, 0.25) is 0 Å². The maximum Gasteiger partial charge on any atom is 0.332 e. The summed E-state index contributed by atoms with van der Waals surface area (Å²) in [5.41, 5.74) is 0.108. The highest BCUT2D eigenvalue weighted by molar-refractivity contribution is 6.05. The first-order chi connectivity index (χ1) is 10.2. The number of Topliss-reactive ketones (excluding diaryl/α,β-unsaturated/α-hetero) is 1. The molecule has 0 spiro atoms. The molecule has 0 radical (unpaired) electrons. The lowest BCUT2D eigenvalue weighted by molar-refractivity contribution is -0.264. The standard InChI is InChI=1S/C18H25NO3/c1-17(2)11-8-12-18(3,4)19(17)22-16(21)13-15(20)14-9-6-5-7-10-14/h5-7,9-10H,8,11-13H2,1-4H3. The van der Waals surface area contributed by atoms with E-state index in [2.05, 4.69) is 27.7 Å². The van der Waals surface area contributed by atoms with E-state index >= 15 is 0 Å². The van der Waals surface area contributed by atoms with E-state index in [1.54, 1.807) is 29.3 Å². The number of nitrogens with zero attached hydrogens (tertiary/aromatic N) is 1. The Kier molecular flexibility index (Phi) is 4.71. The third kappa shape index (κ3) is 3.74. The van der Waals surface area contributed by atoms with Crippen LogP contribution < -0.4 is 0 Å². The number of carbonyl (C=O) groups is 2. The molecule has 0 aromatic heterocycles. The van der Waals surface area contributed by atoms with E-state index in [1.165, 1.54) is 0 Å². The van der Waals surface area contributed by atoms with E-state index in [0.29, 0.717) is 5.56 Å². The van der Waals surface area contributed by atoms with Gasteiger partial charge in [-0.2, -0.15) is 0 Å². The quantitative estimate of drug-likeness (QED) is 0.627. The molecule has 22 heavy (non-hydrogen) atoms. The Morgan fingerprint density at radius 1 is 1.05 bits per heavy atom. The van der Waals surface area contributed by atoms with Crippen molar-refractivity contribution in [1.29, 1.82) is 0 Å². The van der Waals surface area contributed by atoms with Gasteiger partial charge in [-0.1, -0.05) is 30.3 Å². The molecule has 2 rings (SSSR count). The van der Waals surface area contributed by atoms with Crippen LogP contribution in [-0.4, -0.2) is 27.9 Å². The average Bonchev–Trinajstić information content (AvgIpc) is 2.43. The first-order valence-corrected chi connectivity index (χ1v) is 7.82. The first kappa shape index (κ1) is 16.7. The summed E-state index contributed by atoms with van der Waals surface area (Å²) in [7, 11) is 0. The molecule has 1 heterocycles. The Hall–Kier alpha value is -1.68. The minimum atomic E-state index is -0.489. The molecule has 0 amide bonds. The van der Waals surface area contributed by atoms with Gasteiger partial charge < -0.3 is 4.84 Å². The monoisotopic (exact) mass is 303 g/mol. The average molecular weight is 303 g/mol. The van der Waals surface area contributed by atoms with E-state index in [4.69, 9.17) is 4.84 Å². The number of ketones is 1. The molecule has 1 aliphatic heterocycles. The van der Waals surface area contributed by atoms with Gasteiger partial charge in [0.2, 0.25) is 0 Å². The predicted molar refractivity (Wildman–Crippen MR) is 85.3 cm³/mol. The summed E-state index contributed by atoms with van der Waals surface area (Å²) >= 11 is 0. The molecule has 4 nitrogen and oxygen atoms in total. The molecule has 120 valence electrons. The first-order valence-electron chi connectivity index (χ1n) is 7.82. The summed E-state index contributed by atoms with van der Waals surface area (Å²) < 4.78 is 0. The lowest BCUT2D eigenvalue weighted by Crippen LogP contribution is -2.58. The van der Waals surface area contributed by atoms with Crippen LogP contribution in [0.25, 0.3) is 0 Å². The molecule has 4 heteroatoms. The molecule has 0 atom stereocenters. The highest BCUT2D eigenvalue weighted by Gasteiger charge is 2.44. The number of benzene rings is 1. The van der Waals surface area contributed by atoms with Gasteiger partial charge in [0.25, 0.3) is 0 Å². The van der Waals surface area contributed by atoms with Gasteiger partial charge in [-0.15, -0.1) is 5.06 Å². The maximum absolute atomic E-state index is 12.2. The van der Waals surface area contributed by atoms with Gasteiger partial charge in [-0.3, -0.25) is 4.79 Å². The molecule has 1 saturated heterocycles. The topological polar surface area (TPSA) is 46.6 Å². The Morgan fingerprint density at radius 3 is 2.14 bits per heavy atom. The number of hydrogen-bond acceptors (Lipinski definition) is 4. The second-order valence-corrected chi connectivity index (χ2v) is 7.20. The number of rotatable bonds is 4. The van der Waals surface area contributed by atoms with Crippen LogP contribution in [-0.2, 0) is 9.63 Å². The van der Waals surface area contributed by atoms with E-state index < -0.39 is 5.97 Å². The zero-order valence-electron chi connectivity index (χ0n) is 13.9. The summed E-state index contributed by atoms with van der Waals surface area (Å²) in [4.78, 5) is 29.9. The molecule has 1 fully saturated rings. The fourth-order valence-corrected chi connectivity index (χ4v) is 3.21. The van der Waals surface area contributed by atoms with Gasteiger partial charge in [0.1, 0.15) is 6.42 Å². The fraction of sp³-hybridized carbons (Fsp3) is 0.556. The number of piperidine rings is 1. The van der Waals surface area contributed by atoms with E-state index in [0.717, 1.165) is 19.3 Å². The minimum absolute atomic E-state index is 0.210. The largest absolute Gasteiger partial charge is 0.366 e. The summed E-state index contributed by atoms with van der Waals surface area (Å²) in [6.07, 6.45) is 2.82. The second-order valence-electron chi connectivity index (χ2n) is 7.20. The van der Waals surface area contributed by atoms with Crippen molar-refractivity contribution in [2.75, 3.05) is 0 Å². The Labute approximate surface area is 132 Å². The molecule has 0 bridgehead atoms. The van der Waals surface area contributed by atoms with Gasteiger partial charge in [0.15, 0.2) is 5.78 Å². The van der Waals surface area contributed by atoms with Crippen LogP contribution in [0, 0.1) is 0 Å². The highest BCUT2D eigenvalue weighted by atomic mass is 16.7. The SMILES string of the molecule is CC1(C)CCCC(C)(C)N1OC(=O)CC(=O)c1ccccc1. The molecule has 0 saturated carbocycles. The minimum Gasteiger partial charge on any atom is -0.366 e. The number of carbonyl (C=O) groups excluding carboxylic acids is 2. The Morgan fingerprint density at radius 2 is 1.59 bits per heavy atom. The van der Waals surface area contributed by atoms with Crippen molar-refractivity contribution >= 4 is 11.8 Å². The van der Waals surface area contributed by atoms with E-state index in [9.17, 15) is 9.59 Å². The molecule has 1 aromatic rings. The fourth-order valence-electron chi connectivity index (χ4n) is 3.21. The lowest BCUT2D eigenvalue weighted by Gasteiger charge is -2.50. The van der Waals surface area contributed by atoms with Gasteiger partial charge in [0, 0.05) is 5.56 Å². The Bertz CT molecular complexity index is 533. The van der Waals surface area contributed by atoms with Crippen molar-refractivity contribution in [3.63, 3.8) is 0 Å². The zero-order valence-corrected chi connectivity index (χ0v) is 13.9. The number of hydrogen-bond donors (Lipinski definition) is 0. The van der Waals surface area contributed by atoms with Gasteiger partial charge in [0.05, 0.1) is 11.1 Å². The van der Waals surface area contributed by atoms with Crippen molar-refractivity contribution in [2.45, 2.75) is 64.5 Å². The van der Waals surface area contributed by atoms with Crippen LogP contribution in [0.15, 0.2) is 30.3 Å². The third-order valence-corrected chi connectivity index (χ3v) is 4.27. The van der Waals surface area contributed by atoms with Crippen LogP contribution >= 0.6 is 0 Å². The van der Waals surface area contributed by atoms with Crippen LogP contribution in [0.1, 0.15) is 63.7 Å². The van der Waals surface area contributed by atoms with E-state index in [1.807, 2.05) is 6.07 Å². The predicted octanol–water partition coefficient (Wildman–Crippen LogP) is 3.76. The molecule has 0 N–H and O–H groups in total. The summed E-state index contributed by atoms with van der Waals surface area (Å²) in [5.74, 6) is -0.699. The van der Waals surface area contributed by atoms with Crippen molar-refractivity contribution in [1.82, 2.24) is 5.06 Å². The highest BCUT2D eigenvalue weighted by Crippen LogP contribution is 2.38. The maximum atomic E-state index is 12.2. The van der Waals surface area contributed by atoms with Crippen molar-refractivity contribution < 1.29 is 14.4 Å². The van der Waals surface area contributed by atoms with Gasteiger partial charge in [-0.25, -0.2) is 4.79 Å². The molecular formula is C18H25NO3. The van der Waals surface area contributed by atoms with Crippen LogP contribution in [0.3, 0.4) is 0 Å². The normalized spacial score (nSPS) is 20.4. The van der Waals surface area contributed by atoms with Crippen molar-refractivity contribution in [3.8, 4) is 0 Å². The van der Waals surface area contributed by atoms with Crippen molar-refractivity contribution in [2.24, 2.45) is 0 Å². The number of hydroxylamine groups is 2. The summed E-state index contributed by atoms with van der Waals surface area (Å²) in [5, 5.41) is 1.78. The zero-order chi connectivity index (χ0) is 16.4. The third-order valence-electron chi connectivity index (χ3n) is 4.27. The van der Waals surface area contributed by atoms with Crippen LogP contribution in [0.4, 0.5) is 0 Å². The lowest BCUT2D eigenvalue weighted by atomic mass is 9.82. The molecule has 0 aliphatic carbocycles. The van der Waals surface area contributed by atoms with E-state index in [-0.39, 0.29) is 23.3 Å². The molecule has 1 aromatic carbocycles. The van der Waals surface area contributed by atoms with Crippen molar-refractivity contribution in [3.05, 3.63) is 35.9 Å². The van der Waals surface area contributed by atoms with Crippen LogP contribution in [0.5, 0.6) is 0 Å². The smallest absolute Gasteiger partial charge is 0.332 e. The molecule has 0 unspecified atom stereocenters. The molecule has 1 aliphatic rings. The van der Waals surface area contributed by atoms with Gasteiger partial charge >= 0.3 is 5.97 Å².